The Balaban J connectivity index is 1.74. The van der Waals surface area contributed by atoms with E-state index in [2.05, 4.69) is 26.5 Å². The van der Waals surface area contributed by atoms with Crippen molar-refractivity contribution >= 4 is 40.3 Å². The van der Waals surface area contributed by atoms with Crippen LogP contribution in [0.15, 0.2) is 41.2 Å². The van der Waals surface area contributed by atoms with E-state index < -0.39 is 47.2 Å². The number of halogens is 1. The third-order valence-corrected chi connectivity index (χ3v) is 6.12. The van der Waals surface area contributed by atoms with Gasteiger partial charge in [-0.05, 0) is 56.2 Å². The minimum Gasteiger partial charge on any atom is -0.480 e. The third kappa shape index (κ3) is 7.89. The van der Waals surface area contributed by atoms with Gasteiger partial charge < -0.3 is 30.7 Å². The summed E-state index contributed by atoms with van der Waals surface area (Å²) < 4.78 is 15.1. The summed E-state index contributed by atoms with van der Waals surface area (Å²) in [5, 5.41) is 23.1. The molecule has 0 aliphatic carbocycles. The molecule has 2 amide bonds. The second-order valence-electron chi connectivity index (χ2n) is 9.26. The Hall–Kier alpha value is -5.25. The first-order valence-electron chi connectivity index (χ1n) is 12.4. The second-order valence-corrected chi connectivity index (χ2v) is 9.26. The molecule has 13 heteroatoms. The van der Waals surface area contributed by atoms with Crippen LogP contribution in [0, 0.1) is 25.1 Å². The molecular weight excluding hydrogens is 537 g/mol. The number of rotatable bonds is 12. The van der Waals surface area contributed by atoms with Crippen LogP contribution >= 0.6 is 0 Å². The summed E-state index contributed by atoms with van der Waals surface area (Å²) in [7, 11) is 0. The Labute approximate surface area is 233 Å². The van der Waals surface area contributed by atoms with Crippen molar-refractivity contribution in [3.63, 3.8) is 0 Å². The molecule has 12 nitrogen and oxygen atoms in total. The maximum atomic E-state index is 15.1. The van der Waals surface area contributed by atoms with Crippen molar-refractivity contribution in [1.82, 2.24) is 20.6 Å². The largest absolute Gasteiger partial charge is 0.480 e. The summed E-state index contributed by atoms with van der Waals surface area (Å²) in [4.78, 5) is 68.0. The Kier molecular flexibility index (Phi) is 9.76. The van der Waals surface area contributed by atoms with Gasteiger partial charge in [0.15, 0.2) is 0 Å². The molecule has 0 unspecified atom stereocenters. The molecule has 0 saturated carbocycles. The number of carboxylic acid groups (broad SMARTS) is 2. The van der Waals surface area contributed by atoms with Gasteiger partial charge in [-0.2, -0.15) is 0 Å². The Bertz CT molecular complexity index is 1600. The molecule has 0 aliphatic heterocycles. The average Bonchev–Trinajstić information content (AvgIpc) is 2.90. The van der Waals surface area contributed by atoms with Crippen LogP contribution in [-0.4, -0.2) is 62.6 Å². The van der Waals surface area contributed by atoms with Crippen molar-refractivity contribution in [2.24, 2.45) is 0 Å². The molecule has 0 saturated heterocycles. The minimum absolute atomic E-state index is 0.0785. The molecule has 3 rings (SSSR count). The maximum absolute atomic E-state index is 15.1. The zero-order chi connectivity index (χ0) is 30.3. The monoisotopic (exact) mass is 565 g/mol. The van der Waals surface area contributed by atoms with E-state index in [9.17, 15) is 29.1 Å². The zero-order valence-corrected chi connectivity index (χ0v) is 22.2. The number of hydrogen-bond donors (Lipinski definition) is 5. The van der Waals surface area contributed by atoms with E-state index in [-0.39, 0.29) is 31.5 Å². The summed E-state index contributed by atoms with van der Waals surface area (Å²) in [5.41, 5.74) is 0.844. The van der Waals surface area contributed by atoms with Gasteiger partial charge in [0.05, 0.1) is 23.0 Å². The van der Waals surface area contributed by atoms with Gasteiger partial charge in [-0.25, -0.2) is 14.2 Å². The molecule has 0 bridgehead atoms. The lowest BCUT2D eigenvalue weighted by atomic mass is 10.1. The number of carbonyl (C=O) groups is 4. The number of aryl methyl sites for hydroxylation is 1. The van der Waals surface area contributed by atoms with E-state index in [1.54, 1.807) is 30.0 Å². The number of nitrogens with zero attached hydrogens (tertiary/aromatic N) is 2. The molecule has 41 heavy (non-hydrogen) atoms. The summed E-state index contributed by atoms with van der Waals surface area (Å²) >= 11 is 0. The fourth-order valence-electron chi connectivity index (χ4n) is 4.00. The first-order chi connectivity index (χ1) is 19.4. The molecule has 2 atom stereocenters. The van der Waals surface area contributed by atoms with Crippen LogP contribution in [0.3, 0.4) is 0 Å². The summed E-state index contributed by atoms with van der Waals surface area (Å²) in [6.45, 7) is 3.21. The molecule has 214 valence electrons. The highest BCUT2D eigenvalue weighted by molar-refractivity contribution is 5.97. The lowest BCUT2D eigenvalue weighted by Gasteiger charge is -2.23. The summed E-state index contributed by atoms with van der Waals surface area (Å²) in [6.07, 6.45) is 4.78. The first kappa shape index (κ1) is 30.3. The van der Waals surface area contributed by atoms with E-state index in [0.29, 0.717) is 28.0 Å². The molecular formula is C28H28FN5O7. The lowest BCUT2D eigenvalue weighted by molar-refractivity contribution is -0.142. The second kappa shape index (κ2) is 13.2. The van der Waals surface area contributed by atoms with E-state index in [4.69, 9.17) is 11.5 Å². The Morgan fingerprint density at radius 3 is 2.49 bits per heavy atom. The van der Waals surface area contributed by atoms with Crippen LogP contribution in [0.1, 0.15) is 41.5 Å². The number of H-pyrrole nitrogens is 1. The smallest absolute Gasteiger partial charge is 0.326 e. The number of anilines is 1. The molecule has 2 aromatic carbocycles. The van der Waals surface area contributed by atoms with Crippen molar-refractivity contribution in [1.29, 1.82) is 0 Å². The van der Waals surface area contributed by atoms with Crippen molar-refractivity contribution in [2.75, 3.05) is 11.4 Å². The SMILES string of the molecule is C#CCN(Cc1ccc2nc(C)[nH]c(=O)c2c1)c1ccc(C(=O)N[C@@H](CCC(=O)N[C@@H](C)C(=O)O)C(=O)O)c(F)c1. The van der Waals surface area contributed by atoms with Gasteiger partial charge in [-0.15, -0.1) is 6.42 Å². The van der Waals surface area contributed by atoms with Gasteiger partial charge in [-0.1, -0.05) is 12.0 Å². The molecule has 3 aromatic rings. The molecule has 1 aromatic heterocycles. The molecule has 0 spiro atoms. The highest BCUT2D eigenvalue weighted by Gasteiger charge is 2.24. The predicted octanol–water partition coefficient (Wildman–Crippen LogP) is 1.56. The van der Waals surface area contributed by atoms with E-state index >= 15 is 4.39 Å². The Morgan fingerprint density at radius 2 is 1.85 bits per heavy atom. The van der Waals surface area contributed by atoms with Crippen molar-refractivity contribution in [3.8, 4) is 12.3 Å². The van der Waals surface area contributed by atoms with Crippen LogP contribution in [0.2, 0.25) is 0 Å². The number of benzene rings is 2. The van der Waals surface area contributed by atoms with Crippen molar-refractivity contribution in [2.45, 2.75) is 45.3 Å². The molecule has 5 N–H and O–H groups in total. The zero-order valence-electron chi connectivity index (χ0n) is 22.2. The van der Waals surface area contributed by atoms with E-state index in [1.165, 1.54) is 19.1 Å². The number of amides is 2. The van der Waals surface area contributed by atoms with Gasteiger partial charge in [-0.3, -0.25) is 19.2 Å². The van der Waals surface area contributed by atoms with Gasteiger partial charge in [0.2, 0.25) is 5.91 Å². The highest BCUT2D eigenvalue weighted by atomic mass is 19.1. The van der Waals surface area contributed by atoms with Crippen molar-refractivity contribution < 1.29 is 33.8 Å². The standard InChI is InChI=1S/C28H28FN5O7/c1-4-11-34(14-17-5-8-22-20(12-17)26(37)32-16(3)31-22)18-6-7-19(21(29)13-18)25(36)33-23(28(40)41)9-10-24(35)30-15(2)27(38)39/h1,5-8,12-13,15,23H,9-11,14H2,2-3H3,(H,30,35)(H,33,36)(H,38,39)(H,40,41)(H,31,32,37)/t15-,23-/m0/s1. The number of aromatic nitrogens is 2. The van der Waals surface area contributed by atoms with Gasteiger partial charge in [0.25, 0.3) is 11.5 Å². The number of carbonyl (C=O) groups excluding carboxylic acids is 2. The number of terminal acetylenes is 1. The maximum Gasteiger partial charge on any atom is 0.326 e. The number of nitrogens with one attached hydrogen (secondary N) is 3. The summed E-state index contributed by atoms with van der Waals surface area (Å²) in [6, 6.07) is 6.14. The van der Waals surface area contributed by atoms with Crippen LogP contribution in [0.4, 0.5) is 10.1 Å². The minimum atomic E-state index is -1.53. The van der Waals surface area contributed by atoms with E-state index in [1.807, 2.05) is 0 Å². The Morgan fingerprint density at radius 1 is 1.12 bits per heavy atom. The number of aliphatic carboxylic acids is 2. The fourth-order valence-corrected chi connectivity index (χ4v) is 4.00. The third-order valence-electron chi connectivity index (χ3n) is 6.12. The van der Waals surface area contributed by atoms with Gasteiger partial charge in [0.1, 0.15) is 23.7 Å². The number of fused-ring (bicyclic) bond motifs is 1. The molecule has 1 heterocycles. The predicted molar refractivity (Wildman–Crippen MR) is 147 cm³/mol. The summed E-state index contributed by atoms with van der Waals surface area (Å²) in [5.74, 6) is -2.40. The topological polar surface area (TPSA) is 182 Å². The molecule has 0 fully saturated rings. The number of hydrogen-bond acceptors (Lipinski definition) is 7. The molecule has 0 radical (unpaired) electrons. The lowest BCUT2D eigenvalue weighted by Crippen LogP contribution is -2.43. The first-order valence-corrected chi connectivity index (χ1v) is 12.4. The number of aromatic amines is 1. The van der Waals surface area contributed by atoms with Crippen LogP contribution < -0.4 is 21.1 Å². The average molecular weight is 566 g/mol. The van der Waals surface area contributed by atoms with Crippen LogP contribution in [0.25, 0.3) is 10.9 Å². The fraction of sp³-hybridized carbons (Fsp3) is 0.286. The number of carboxylic acids is 2. The van der Waals surface area contributed by atoms with Crippen LogP contribution in [0.5, 0.6) is 0 Å². The van der Waals surface area contributed by atoms with Crippen molar-refractivity contribution in [3.05, 3.63) is 69.5 Å². The van der Waals surface area contributed by atoms with Gasteiger partial charge in [0, 0.05) is 18.7 Å². The quantitative estimate of drug-likeness (QED) is 0.204. The highest BCUT2D eigenvalue weighted by Crippen LogP contribution is 2.22. The molecule has 0 aliphatic rings. The van der Waals surface area contributed by atoms with E-state index in [0.717, 1.165) is 6.07 Å². The van der Waals surface area contributed by atoms with Gasteiger partial charge >= 0.3 is 11.9 Å². The normalized spacial score (nSPS) is 12.1. The van der Waals surface area contributed by atoms with Crippen LogP contribution in [-0.2, 0) is 20.9 Å².